The first-order chi connectivity index (χ1) is 10.8. The molecule has 0 spiro atoms. The highest BCUT2D eigenvalue weighted by molar-refractivity contribution is 5.86. The Morgan fingerprint density at radius 3 is 2.68 bits per heavy atom. The fraction of sp³-hybridized carbons (Fsp3) is 0.500. The van der Waals surface area contributed by atoms with Gasteiger partial charge in [0.1, 0.15) is 6.61 Å². The Kier molecular flexibility index (Phi) is 3.62. The maximum Gasteiger partial charge on any atom is 0.237 e. The van der Waals surface area contributed by atoms with E-state index in [0.717, 1.165) is 38.4 Å². The second-order valence-corrected chi connectivity index (χ2v) is 6.34. The molecule has 0 bridgehead atoms. The van der Waals surface area contributed by atoms with Crippen LogP contribution in [-0.4, -0.2) is 36.7 Å². The Hall–Kier alpha value is -1.81. The molecule has 2 atom stereocenters. The van der Waals surface area contributed by atoms with Crippen LogP contribution in [-0.2, 0) is 20.7 Å². The van der Waals surface area contributed by atoms with Gasteiger partial charge in [-0.25, -0.2) is 0 Å². The van der Waals surface area contributed by atoms with Gasteiger partial charge in [0.05, 0.1) is 12.0 Å². The third-order valence-electron chi connectivity index (χ3n) is 4.96. The second kappa shape index (κ2) is 5.76. The SMILES string of the molecule is O=C1C(C2CCOCC2)C=C2OCC(Cc3ccccc3)N12. The van der Waals surface area contributed by atoms with E-state index in [1.165, 1.54) is 5.56 Å². The summed E-state index contributed by atoms with van der Waals surface area (Å²) in [6, 6.07) is 10.4. The van der Waals surface area contributed by atoms with Gasteiger partial charge in [-0.3, -0.25) is 9.69 Å². The van der Waals surface area contributed by atoms with Crippen molar-refractivity contribution >= 4 is 5.91 Å². The Bertz CT molecular complexity index is 577. The fourth-order valence-electron chi connectivity index (χ4n) is 3.76. The number of carbonyl (C=O) groups excluding carboxylic acids is 1. The summed E-state index contributed by atoms with van der Waals surface area (Å²) in [5, 5.41) is 0. The topological polar surface area (TPSA) is 38.8 Å². The normalized spacial score (nSPS) is 28.5. The zero-order chi connectivity index (χ0) is 14.9. The predicted octanol–water partition coefficient (Wildman–Crippen LogP) is 2.35. The maximum atomic E-state index is 12.8. The summed E-state index contributed by atoms with van der Waals surface area (Å²) < 4.78 is 11.2. The van der Waals surface area contributed by atoms with Gasteiger partial charge in [-0.1, -0.05) is 30.3 Å². The van der Waals surface area contributed by atoms with Gasteiger partial charge in [0, 0.05) is 13.2 Å². The number of hydrogen-bond donors (Lipinski definition) is 0. The van der Waals surface area contributed by atoms with E-state index in [1.807, 2.05) is 29.2 Å². The standard InChI is InChI=1S/C18H21NO3/c20-18-16(14-6-8-21-9-7-14)11-17-19(18)15(12-22-17)10-13-4-2-1-3-5-13/h1-5,11,14-16H,6-10,12H2. The number of fused-ring (bicyclic) bond motifs is 1. The van der Waals surface area contributed by atoms with Crippen molar-refractivity contribution in [1.29, 1.82) is 0 Å². The van der Waals surface area contributed by atoms with Crippen LogP contribution in [0.1, 0.15) is 18.4 Å². The number of ether oxygens (including phenoxy) is 2. The molecule has 22 heavy (non-hydrogen) atoms. The molecule has 3 aliphatic heterocycles. The molecule has 0 radical (unpaired) electrons. The molecule has 4 heteroatoms. The average Bonchev–Trinajstić information content (AvgIpc) is 3.11. The molecule has 1 aromatic carbocycles. The maximum absolute atomic E-state index is 12.8. The molecular weight excluding hydrogens is 278 g/mol. The highest BCUT2D eigenvalue weighted by Crippen LogP contribution is 2.38. The molecule has 3 heterocycles. The first-order valence-corrected chi connectivity index (χ1v) is 8.12. The Morgan fingerprint density at radius 1 is 1.14 bits per heavy atom. The summed E-state index contributed by atoms with van der Waals surface area (Å²) >= 11 is 0. The Balaban J connectivity index is 1.49. The number of hydrogen-bond acceptors (Lipinski definition) is 3. The van der Waals surface area contributed by atoms with Crippen molar-refractivity contribution in [3.63, 3.8) is 0 Å². The monoisotopic (exact) mass is 299 g/mol. The van der Waals surface area contributed by atoms with Crippen LogP contribution in [0.4, 0.5) is 0 Å². The van der Waals surface area contributed by atoms with Crippen LogP contribution in [0, 0.1) is 11.8 Å². The van der Waals surface area contributed by atoms with E-state index in [4.69, 9.17) is 9.47 Å². The minimum Gasteiger partial charge on any atom is -0.477 e. The third kappa shape index (κ3) is 2.41. The first-order valence-electron chi connectivity index (χ1n) is 8.12. The third-order valence-corrected chi connectivity index (χ3v) is 4.96. The molecule has 2 fully saturated rings. The van der Waals surface area contributed by atoms with Crippen LogP contribution in [0.5, 0.6) is 0 Å². The first kappa shape index (κ1) is 13.8. The molecular formula is C18H21NO3. The molecule has 1 amide bonds. The molecule has 0 saturated carbocycles. The molecule has 0 aromatic heterocycles. The van der Waals surface area contributed by atoms with E-state index in [-0.39, 0.29) is 17.9 Å². The van der Waals surface area contributed by atoms with Gasteiger partial charge in [-0.2, -0.15) is 0 Å². The second-order valence-electron chi connectivity index (χ2n) is 6.34. The summed E-state index contributed by atoms with van der Waals surface area (Å²) in [7, 11) is 0. The zero-order valence-electron chi connectivity index (χ0n) is 12.6. The van der Waals surface area contributed by atoms with Crippen LogP contribution in [0.15, 0.2) is 42.3 Å². The zero-order valence-corrected chi connectivity index (χ0v) is 12.6. The van der Waals surface area contributed by atoms with Crippen molar-refractivity contribution in [2.24, 2.45) is 11.8 Å². The average molecular weight is 299 g/mol. The molecule has 2 unspecified atom stereocenters. The van der Waals surface area contributed by atoms with Gasteiger partial charge < -0.3 is 9.47 Å². The lowest BCUT2D eigenvalue weighted by Gasteiger charge is -2.27. The predicted molar refractivity (Wildman–Crippen MR) is 81.8 cm³/mol. The van der Waals surface area contributed by atoms with Gasteiger partial charge in [0.15, 0.2) is 5.88 Å². The fourth-order valence-corrected chi connectivity index (χ4v) is 3.76. The van der Waals surface area contributed by atoms with Crippen molar-refractivity contribution in [2.75, 3.05) is 19.8 Å². The summed E-state index contributed by atoms with van der Waals surface area (Å²) in [6.07, 6.45) is 4.84. The smallest absolute Gasteiger partial charge is 0.237 e. The van der Waals surface area contributed by atoms with Crippen LogP contribution in [0.25, 0.3) is 0 Å². The summed E-state index contributed by atoms with van der Waals surface area (Å²) in [6.45, 7) is 2.14. The molecule has 4 rings (SSSR count). The number of nitrogens with zero attached hydrogens (tertiary/aromatic N) is 1. The largest absolute Gasteiger partial charge is 0.477 e. The van der Waals surface area contributed by atoms with Crippen LogP contribution in [0.2, 0.25) is 0 Å². The van der Waals surface area contributed by atoms with Gasteiger partial charge in [0.2, 0.25) is 5.91 Å². The minimum absolute atomic E-state index is 0.0162. The van der Waals surface area contributed by atoms with Gasteiger partial charge in [-0.05, 0) is 36.8 Å². The Morgan fingerprint density at radius 2 is 1.91 bits per heavy atom. The molecule has 0 N–H and O–H groups in total. The molecule has 4 nitrogen and oxygen atoms in total. The molecule has 116 valence electrons. The van der Waals surface area contributed by atoms with Crippen molar-refractivity contribution in [1.82, 2.24) is 4.90 Å². The van der Waals surface area contributed by atoms with Crippen LogP contribution < -0.4 is 0 Å². The highest BCUT2D eigenvalue weighted by atomic mass is 16.5. The van der Waals surface area contributed by atoms with Gasteiger partial charge in [-0.15, -0.1) is 0 Å². The van der Waals surface area contributed by atoms with E-state index in [2.05, 4.69) is 12.1 Å². The summed E-state index contributed by atoms with van der Waals surface area (Å²) in [5.41, 5.74) is 1.25. The van der Waals surface area contributed by atoms with E-state index in [9.17, 15) is 4.79 Å². The quantitative estimate of drug-likeness (QED) is 0.860. The lowest BCUT2D eigenvalue weighted by atomic mass is 9.86. The Labute approximate surface area is 130 Å². The van der Waals surface area contributed by atoms with E-state index in [0.29, 0.717) is 12.5 Å². The number of rotatable bonds is 3. The number of carbonyl (C=O) groups is 1. The lowest BCUT2D eigenvalue weighted by molar-refractivity contribution is -0.133. The van der Waals surface area contributed by atoms with E-state index >= 15 is 0 Å². The number of benzene rings is 1. The van der Waals surface area contributed by atoms with E-state index in [1.54, 1.807) is 0 Å². The highest BCUT2D eigenvalue weighted by Gasteiger charge is 2.45. The van der Waals surface area contributed by atoms with Crippen molar-refractivity contribution in [2.45, 2.75) is 25.3 Å². The van der Waals surface area contributed by atoms with Crippen LogP contribution >= 0.6 is 0 Å². The van der Waals surface area contributed by atoms with Crippen molar-refractivity contribution in [3.05, 3.63) is 47.9 Å². The van der Waals surface area contributed by atoms with Crippen molar-refractivity contribution < 1.29 is 14.3 Å². The van der Waals surface area contributed by atoms with E-state index < -0.39 is 0 Å². The summed E-state index contributed by atoms with van der Waals surface area (Å²) in [5.74, 6) is 1.39. The van der Waals surface area contributed by atoms with Gasteiger partial charge >= 0.3 is 0 Å². The number of amides is 1. The minimum atomic E-state index is -0.0162. The summed E-state index contributed by atoms with van der Waals surface area (Å²) in [4.78, 5) is 14.7. The molecule has 3 aliphatic rings. The molecule has 2 saturated heterocycles. The molecule has 0 aliphatic carbocycles. The molecule has 1 aromatic rings. The lowest BCUT2D eigenvalue weighted by Crippen LogP contribution is -2.39. The van der Waals surface area contributed by atoms with Crippen LogP contribution in [0.3, 0.4) is 0 Å². The van der Waals surface area contributed by atoms with Crippen molar-refractivity contribution in [3.8, 4) is 0 Å². The van der Waals surface area contributed by atoms with Gasteiger partial charge in [0.25, 0.3) is 0 Å².